The van der Waals surface area contributed by atoms with Crippen molar-refractivity contribution < 1.29 is 0 Å². The van der Waals surface area contributed by atoms with Crippen LogP contribution in [0.2, 0.25) is 0 Å². The fourth-order valence-corrected chi connectivity index (χ4v) is 1.74. The lowest BCUT2D eigenvalue weighted by molar-refractivity contribution is 0.273. The third kappa shape index (κ3) is 2.76. The molecule has 0 spiro atoms. The minimum absolute atomic E-state index is 0.476. The highest BCUT2D eigenvalue weighted by molar-refractivity contribution is 4.87. The van der Waals surface area contributed by atoms with E-state index in [1.165, 1.54) is 32.2 Å². The Kier molecular flexibility index (Phi) is 4.02. The molecular formula is C10H22N2. The molecule has 0 amide bonds. The molecule has 1 aliphatic rings. The monoisotopic (exact) mass is 170 g/mol. The van der Waals surface area contributed by atoms with Crippen LogP contribution in [0.4, 0.5) is 0 Å². The maximum absolute atomic E-state index is 5.70. The summed E-state index contributed by atoms with van der Waals surface area (Å²) in [6, 6.07) is 1.20. The molecule has 0 bridgehead atoms. The largest absolute Gasteiger partial charge is 0.328 e. The zero-order valence-corrected chi connectivity index (χ0v) is 8.34. The van der Waals surface area contributed by atoms with E-state index in [1.807, 2.05) is 0 Å². The van der Waals surface area contributed by atoms with Crippen LogP contribution in [0.1, 0.15) is 39.5 Å². The van der Waals surface area contributed by atoms with Crippen LogP contribution in [0.25, 0.3) is 0 Å². The molecule has 0 heterocycles. The highest BCUT2D eigenvalue weighted by Crippen LogP contribution is 2.18. The Hall–Kier alpha value is -0.0800. The first-order valence-electron chi connectivity index (χ1n) is 5.25. The van der Waals surface area contributed by atoms with Gasteiger partial charge in [0.1, 0.15) is 0 Å². The molecule has 1 saturated carbocycles. The summed E-state index contributed by atoms with van der Waals surface area (Å²) in [5, 5.41) is 3.57. The molecule has 0 radical (unpaired) electrons. The zero-order chi connectivity index (χ0) is 8.97. The molecule has 0 aliphatic heterocycles. The van der Waals surface area contributed by atoms with Crippen molar-refractivity contribution in [3.63, 3.8) is 0 Å². The van der Waals surface area contributed by atoms with Gasteiger partial charge in [0.25, 0.3) is 0 Å². The molecule has 1 aliphatic carbocycles. The Morgan fingerprint density at radius 1 is 1.33 bits per heavy atom. The molecule has 2 heteroatoms. The van der Waals surface area contributed by atoms with Crippen LogP contribution >= 0.6 is 0 Å². The van der Waals surface area contributed by atoms with Gasteiger partial charge in [-0.1, -0.05) is 26.7 Å². The van der Waals surface area contributed by atoms with Gasteiger partial charge in [-0.2, -0.15) is 0 Å². The topological polar surface area (TPSA) is 38.0 Å². The van der Waals surface area contributed by atoms with Crippen molar-refractivity contribution in [2.45, 2.75) is 51.6 Å². The summed E-state index contributed by atoms with van der Waals surface area (Å²) in [7, 11) is 0. The Bertz CT molecular complexity index is 115. The second-order valence-corrected chi connectivity index (χ2v) is 4.02. The average Bonchev–Trinajstić information content (AvgIpc) is 2.03. The van der Waals surface area contributed by atoms with Gasteiger partial charge < -0.3 is 11.1 Å². The van der Waals surface area contributed by atoms with E-state index in [4.69, 9.17) is 5.73 Å². The molecule has 1 rings (SSSR count). The van der Waals surface area contributed by atoms with E-state index in [2.05, 4.69) is 19.2 Å². The quantitative estimate of drug-likeness (QED) is 0.656. The molecule has 0 aromatic rings. The second kappa shape index (κ2) is 4.83. The van der Waals surface area contributed by atoms with E-state index in [0.29, 0.717) is 6.04 Å². The highest BCUT2D eigenvalue weighted by Gasteiger charge is 2.25. The summed E-state index contributed by atoms with van der Waals surface area (Å²) in [6.07, 6.45) is 4.95. The van der Waals surface area contributed by atoms with Crippen molar-refractivity contribution in [2.75, 3.05) is 6.54 Å². The summed E-state index contributed by atoms with van der Waals surface area (Å²) in [6.45, 7) is 5.72. The van der Waals surface area contributed by atoms with Gasteiger partial charge in [0.15, 0.2) is 0 Å². The molecule has 72 valence electrons. The minimum Gasteiger partial charge on any atom is -0.328 e. The Morgan fingerprint density at radius 2 is 1.92 bits per heavy atom. The number of hydrogen-bond acceptors (Lipinski definition) is 2. The molecule has 0 unspecified atom stereocenters. The lowest BCUT2D eigenvalue weighted by atomic mass is 9.87. The lowest BCUT2D eigenvalue weighted by Gasteiger charge is -2.34. The van der Waals surface area contributed by atoms with Crippen LogP contribution in [0.15, 0.2) is 0 Å². The smallest absolute Gasteiger partial charge is 0.00966 e. The number of rotatable bonds is 5. The van der Waals surface area contributed by atoms with Gasteiger partial charge >= 0.3 is 0 Å². The predicted octanol–water partition coefficient (Wildman–Crippen LogP) is 1.50. The number of hydrogen-bond donors (Lipinski definition) is 2. The first-order chi connectivity index (χ1) is 5.76. The lowest BCUT2D eigenvalue weighted by Crippen LogP contribution is -2.49. The van der Waals surface area contributed by atoms with E-state index in [9.17, 15) is 0 Å². The van der Waals surface area contributed by atoms with Crippen molar-refractivity contribution in [3.8, 4) is 0 Å². The molecule has 2 nitrogen and oxygen atoms in total. The predicted molar refractivity (Wildman–Crippen MR) is 53.1 cm³/mol. The number of nitrogens with two attached hydrogens (primary N) is 1. The molecule has 0 aromatic carbocycles. The van der Waals surface area contributed by atoms with Gasteiger partial charge in [0, 0.05) is 12.1 Å². The Labute approximate surface area is 75.9 Å². The van der Waals surface area contributed by atoms with Crippen molar-refractivity contribution in [2.24, 2.45) is 11.7 Å². The maximum atomic E-state index is 5.70. The molecule has 1 fully saturated rings. The molecule has 0 aromatic heterocycles. The van der Waals surface area contributed by atoms with Crippen molar-refractivity contribution >= 4 is 0 Å². The standard InChI is InChI=1S/C10H22N2/c1-3-8(4-2)7-12-10-5-9(11)6-10/h8-10,12H,3-7,11H2,1-2H3. The first kappa shape index (κ1) is 10.0. The fraction of sp³-hybridized carbons (Fsp3) is 1.00. The third-order valence-corrected chi connectivity index (χ3v) is 3.02. The van der Waals surface area contributed by atoms with Crippen LogP contribution in [-0.4, -0.2) is 18.6 Å². The summed E-state index contributed by atoms with van der Waals surface area (Å²) >= 11 is 0. The van der Waals surface area contributed by atoms with Gasteiger partial charge in [0.2, 0.25) is 0 Å². The molecular weight excluding hydrogens is 148 g/mol. The van der Waals surface area contributed by atoms with Gasteiger partial charge in [-0.3, -0.25) is 0 Å². The van der Waals surface area contributed by atoms with Gasteiger partial charge in [0.05, 0.1) is 0 Å². The van der Waals surface area contributed by atoms with E-state index >= 15 is 0 Å². The Balaban J connectivity index is 2.01. The van der Waals surface area contributed by atoms with E-state index in [0.717, 1.165) is 12.0 Å². The van der Waals surface area contributed by atoms with Gasteiger partial charge in [-0.15, -0.1) is 0 Å². The van der Waals surface area contributed by atoms with E-state index < -0.39 is 0 Å². The summed E-state index contributed by atoms with van der Waals surface area (Å²) in [5.41, 5.74) is 5.70. The fourth-order valence-electron chi connectivity index (χ4n) is 1.74. The normalized spacial score (nSPS) is 29.0. The summed E-state index contributed by atoms with van der Waals surface area (Å²) < 4.78 is 0. The summed E-state index contributed by atoms with van der Waals surface area (Å²) in [5.74, 6) is 0.863. The molecule has 3 N–H and O–H groups in total. The van der Waals surface area contributed by atoms with Crippen molar-refractivity contribution in [3.05, 3.63) is 0 Å². The average molecular weight is 170 g/mol. The van der Waals surface area contributed by atoms with E-state index in [1.54, 1.807) is 0 Å². The zero-order valence-electron chi connectivity index (χ0n) is 8.34. The minimum atomic E-state index is 0.476. The number of nitrogens with one attached hydrogen (secondary N) is 1. The first-order valence-corrected chi connectivity index (χ1v) is 5.25. The van der Waals surface area contributed by atoms with Crippen molar-refractivity contribution in [1.29, 1.82) is 0 Å². The maximum Gasteiger partial charge on any atom is 0.00966 e. The third-order valence-electron chi connectivity index (χ3n) is 3.02. The molecule has 12 heavy (non-hydrogen) atoms. The molecule has 0 atom stereocenters. The summed E-state index contributed by atoms with van der Waals surface area (Å²) in [4.78, 5) is 0. The van der Waals surface area contributed by atoms with Crippen LogP contribution in [-0.2, 0) is 0 Å². The van der Waals surface area contributed by atoms with Crippen molar-refractivity contribution in [1.82, 2.24) is 5.32 Å². The highest BCUT2D eigenvalue weighted by atomic mass is 15.0. The van der Waals surface area contributed by atoms with Crippen LogP contribution < -0.4 is 11.1 Å². The van der Waals surface area contributed by atoms with Gasteiger partial charge in [-0.25, -0.2) is 0 Å². The second-order valence-electron chi connectivity index (χ2n) is 4.02. The van der Waals surface area contributed by atoms with Crippen LogP contribution in [0, 0.1) is 5.92 Å². The van der Waals surface area contributed by atoms with Crippen LogP contribution in [0.5, 0.6) is 0 Å². The molecule has 0 saturated heterocycles. The Morgan fingerprint density at radius 3 is 2.33 bits per heavy atom. The van der Waals surface area contributed by atoms with E-state index in [-0.39, 0.29) is 0 Å². The SMILES string of the molecule is CCC(CC)CNC1CC(N)C1. The van der Waals surface area contributed by atoms with Crippen LogP contribution in [0.3, 0.4) is 0 Å². The van der Waals surface area contributed by atoms with Gasteiger partial charge in [-0.05, 0) is 25.3 Å².